The Balaban J connectivity index is 1.97. The van der Waals surface area contributed by atoms with Crippen LogP contribution in [0.25, 0.3) is 0 Å². The number of carbonyl (C=O) groups is 3. The minimum Gasteiger partial charge on any atom is -0.478 e. The lowest BCUT2D eigenvalue weighted by Crippen LogP contribution is -2.32. The molecule has 2 rings (SSSR count). The molecule has 1 aromatic carbocycles. The Kier molecular flexibility index (Phi) is 4.88. The number of hydrogen-bond donors (Lipinski definition) is 3. The van der Waals surface area contributed by atoms with Crippen molar-refractivity contribution in [2.75, 3.05) is 11.9 Å². The molecule has 7 nitrogen and oxygen atoms in total. The first-order valence-electron chi connectivity index (χ1n) is 6.14. The molecule has 114 valence electrons. The van der Waals surface area contributed by atoms with Gasteiger partial charge in [0.15, 0.2) is 5.04 Å². The molecule has 22 heavy (non-hydrogen) atoms. The van der Waals surface area contributed by atoms with Crippen molar-refractivity contribution in [2.24, 2.45) is 0 Å². The third kappa shape index (κ3) is 3.49. The summed E-state index contributed by atoms with van der Waals surface area (Å²) in [7, 11) is 0. The number of nitrogens with zero attached hydrogens (tertiary/aromatic N) is 1. The van der Waals surface area contributed by atoms with Gasteiger partial charge in [-0.05, 0) is 23.9 Å². The molecule has 0 saturated carbocycles. The van der Waals surface area contributed by atoms with E-state index >= 15 is 0 Å². The maximum atomic E-state index is 11.9. The SMILES string of the molecule is N=C1SC(=S)N(CCC(=O)Nc2ccccc2C(=O)O)C1=O. The molecule has 2 amide bonds. The number of hydrogen-bond acceptors (Lipinski definition) is 6. The van der Waals surface area contributed by atoms with E-state index in [-0.39, 0.29) is 33.6 Å². The summed E-state index contributed by atoms with van der Waals surface area (Å²) in [5, 5.41) is 18.7. The van der Waals surface area contributed by atoms with Crippen molar-refractivity contribution in [1.29, 1.82) is 5.41 Å². The number of thioether (sulfide) groups is 1. The lowest BCUT2D eigenvalue weighted by molar-refractivity contribution is -0.120. The third-order valence-corrected chi connectivity index (χ3v) is 4.09. The van der Waals surface area contributed by atoms with Crippen LogP contribution >= 0.6 is 24.0 Å². The second-order valence-corrected chi connectivity index (χ2v) is 5.95. The molecule has 3 N–H and O–H groups in total. The fourth-order valence-corrected chi connectivity index (χ4v) is 2.87. The van der Waals surface area contributed by atoms with Crippen LogP contribution in [0.15, 0.2) is 24.3 Å². The van der Waals surface area contributed by atoms with Crippen molar-refractivity contribution >= 4 is 56.8 Å². The van der Waals surface area contributed by atoms with E-state index in [1.165, 1.54) is 17.0 Å². The maximum absolute atomic E-state index is 11.9. The van der Waals surface area contributed by atoms with Gasteiger partial charge in [0.05, 0.1) is 11.3 Å². The number of carboxylic acid groups (broad SMARTS) is 1. The van der Waals surface area contributed by atoms with Crippen LogP contribution in [0, 0.1) is 5.41 Å². The lowest BCUT2D eigenvalue weighted by atomic mass is 10.2. The smallest absolute Gasteiger partial charge is 0.337 e. The summed E-state index contributed by atoms with van der Waals surface area (Å²) in [4.78, 5) is 35.7. The van der Waals surface area contributed by atoms with Gasteiger partial charge in [-0.15, -0.1) is 0 Å². The molecule has 1 aliphatic heterocycles. The van der Waals surface area contributed by atoms with Gasteiger partial charge in [0, 0.05) is 13.0 Å². The molecule has 0 aliphatic carbocycles. The zero-order valence-electron chi connectivity index (χ0n) is 11.2. The Labute approximate surface area is 135 Å². The lowest BCUT2D eigenvalue weighted by Gasteiger charge is -2.14. The molecular weight excluding hydrogens is 326 g/mol. The molecule has 1 fully saturated rings. The van der Waals surface area contributed by atoms with Crippen LogP contribution in [-0.2, 0) is 9.59 Å². The maximum Gasteiger partial charge on any atom is 0.337 e. The third-order valence-electron chi connectivity index (χ3n) is 2.84. The number of amides is 2. The zero-order chi connectivity index (χ0) is 16.3. The summed E-state index contributed by atoms with van der Waals surface area (Å²) in [6.45, 7) is 0.0497. The molecule has 1 aromatic rings. The van der Waals surface area contributed by atoms with Crippen LogP contribution in [-0.4, -0.2) is 43.7 Å². The second kappa shape index (κ2) is 6.67. The van der Waals surface area contributed by atoms with Gasteiger partial charge >= 0.3 is 5.97 Å². The Hall–Kier alpha value is -2.26. The van der Waals surface area contributed by atoms with Crippen LogP contribution in [0.1, 0.15) is 16.8 Å². The minimum atomic E-state index is -1.14. The van der Waals surface area contributed by atoms with E-state index in [1.54, 1.807) is 12.1 Å². The zero-order valence-corrected chi connectivity index (χ0v) is 12.8. The van der Waals surface area contributed by atoms with Gasteiger partial charge in [-0.1, -0.05) is 24.4 Å². The number of thiocarbonyl (C=S) groups is 1. The Morgan fingerprint density at radius 3 is 2.64 bits per heavy atom. The van der Waals surface area contributed by atoms with E-state index in [1.807, 2.05) is 0 Å². The minimum absolute atomic E-state index is 0.0130. The van der Waals surface area contributed by atoms with E-state index in [0.717, 1.165) is 11.8 Å². The monoisotopic (exact) mass is 337 g/mol. The summed E-state index contributed by atoms with van der Waals surface area (Å²) in [5.74, 6) is -2.10. The van der Waals surface area contributed by atoms with E-state index in [4.69, 9.17) is 22.7 Å². The predicted molar refractivity (Wildman–Crippen MR) is 86.3 cm³/mol. The fourth-order valence-electron chi connectivity index (χ4n) is 1.79. The molecule has 0 unspecified atom stereocenters. The highest BCUT2D eigenvalue weighted by Gasteiger charge is 2.32. The van der Waals surface area contributed by atoms with Crippen LogP contribution in [0.3, 0.4) is 0 Å². The molecule has 0 atom stereocenters. The molecule has 0 aromatic heterocycles. The summed E-state index contributed by atoms with van der Waals surface area (Å²) < 4.78 is 0.244. The predicted octanol–water partition coefficient (Wildman–Crippen LogP) is 1.55. The summed E-state index contributed by atoms with van der Waals surface area (Å²) in [5.41, 5.74) is 0.179. The molecule has 0 radical (unpaired) electrons. The van der Waals surface area contributed by atoms with Gasteiger partial charge < -0.3 is 10.4 Å². The highest BCUT2D eigenvalue weighted by molar-refractivity contribution is 8.35. The van der Waals surface area contributed by atoms with Gasteiger partial charge in [0.2, 0.25) is 5.91 Å². The molecule has 1 saturated heterocycles. The molecule has 0 bridgehead atoms. The average Bonchev–Trinajstić information content (AvgIpc) is 2.70. The number of para-hydroxylation sites is 1. The quantitative estimate of drug-likeness (QED) is 0.703. The topological polar surface area (TPSA) is 111 Å². The number of benzene rings is 1. The first kappa shape index (κ1) is 16.1. The van der Waals surface area contributed by atoms with Gasteiger partial charge in [-0.2, -0.15) is 0 Å². The summed E-state index contributed by atoms with van der Waals surface area (Å²) in [6.07, 6.45) is -0.0479. The largest absolute Gasteiger partial charge is 0.478 e. The van der Waals surface area contributed by atoms with Gasteiger partial charge in [-0.3, -0.25) is 19.9 Å². The van der Waals surface area contributed by atoms with E-state index in [0.29, 0.717) is 0 Å². The number of carbonyl (C=O) groups excluding carboxylic acids is 2. The van der Waals surface area contributed by atoms with Gasteiger partial charge in [0.1, 0.15) is 4.32 Å². The summed E-state index contributed by atoms with van der Waals surface area (Å²) >= 11 is 5.83. The number of aromatic carboxylic acids is 1. The van der Waals surface area contributed by atoms with E-state index < -0.39 is 17.8 Å². The number of nitrogens with one attached hydrogen (secondary N) is 2. The molecular formula is C13H11N3O4S2. The normalized spacial score (nSPS) is 14.4. The van der Waals surface area contributed by atoms with Crippen molar-refractivity contribution in [3.8, 4) is 0 Å². The van der Waals surface area contributed by atoms with Gasteiger partial charge in [-0.25, -0.2) is 4.79 Å². The average molecular weight is 337 g/mol. The first-order valence-corrected chi connectivity index (χ1v) is 7.37. The molecule has 0 spiro atoms. The second-order valence-electron chi connectivity index (χ2n) is 4.30. The van der Waals surface area contributed by atoms with E-state index in [9.17, 15) is 14.4 Å². The number of rotatable bonds is 5. The summed E-state index contributed by atoms with van der Waals surface area (Å²) in [6, 6.07) is 6.04. The van der Waals surface area contributed by atoms with Gasteiger partial charge in [0.25, 0.3) is 5.91 Å². The molecule has 1 heterocycles. The van der Waals surface area contributed by atoms with Crippen molar-refractivity contribution in [1.82, 2.24) is 4.90 Å². The van der Waals surface area contributed by atoms with Crippen molar-refractivity contribution in [3.05, 3.63) is 29.8 Å². The highest BCUT2D eigenvalue weighted by Crippen LogP contribution is 2.22. The van der Waals surface area contributed by atoms with Crippen LogP contribution in [0.2, 0.25) is 0 Å². The Morgan fingerprint density at radius 2 is 2.05 bits per heavy atom. The highest BCUT2D eigenvalue weighted by atomic mass is 32.2. The van der Waals surface area contributed by atoms with E-state index in [2.05, 4.69) is 5.32 Å². The standard InChI is InChI=1S/C13H11N3O4S2/c14-10-11(18)16(13(21)22-10)6-5-9(17)15-8-4-2-1-3-7(8)12(19)20/h1-4,14H,5-6H2,(H,15,17)(H,19,20). The van der Waals surface area contributed by atoms with Crippen molar-refractivity contribution in [3.63, 3.8) is 0 Å². The van der Waals surface area contributed by atoms with Crippen molar-refractivity contribution < 1.29 is 19.5 Å². The number of carboxylic acids is 1. The van der Waals surface area contributed by atoms with Crippen LogP contribution in [0.5, 0.6) is 0 Å². The van der Waals surface area contributed by atoms with Crippen LogP contribution in [0.4, 0.5) is 5.69 Å². The Morgan fingerprint density at radius 1 is 1.36 bits per heavy atom. The van der Waals surface area contributed by atoms with Crippen molar-refractivity contribution in [2.45, 2.75) is 6.42 Å². The first-order chi connectivity index (χ1) is 10.4. The molecule has 1 aliphatic rings. The van der Waals surface area contributed by atoms with Crippen LogP contribution < -0.4 is 5.32 Å². The fraction of sp³-hybridized carbons (Fsp3) is 0.154. The Bertz CT molecular complexity index is 690. The molecule has 9 heteroatoms. The number of anilines is 1.